The van der Waals surface area contributed by atoms with Gasteiger partial charge in [0.15, 0.2) is 5.60 Å². The number of fused-ring (bicyclic) bond motifs is 1. The van der Waals surface area contributed by atoms with Gasteiger partial charge in [0, 0.05) is 45.0 Å². The highest BCUT2D eigenvalue weighted by atomic mass is 35.5. The van der Waals surface area contributed by atoms with Gasteiger partial charge in [0.1, 0.15) is 5.75 Å². The van der Waals surface area contributed by atoms with Crippen LogP contribution in [0.25, 0.3) is 0 Å². The molecule has 1 fully saturated rings. The number of methoxy groups -OCH3 is 1. The van der Waals surface area contributed by atoms with E-state index < -0.39 is 11.0 Å². The number of carbonyl (C=O) groups excluding carboxylic acids is 3. The average Bonchev–Trinajstić information content (AvgIpc) is 2.80. The van der Waals surface area contributed by atoms with Crippen LogP contribution in [-0.4, -0.2) is 78.8 Å². The van der Waals surface area contributed by atoms with E-state index in [0.717, 1.165) is 12.8 Å². The van der Waals surface area contributed by atoms with E-state index >= 15 is 0 Å². The molecule has 1 aromatic rings. The highest BCUT2D eigenvalue weighted by Gasteiger charge is 2.42. The van der Waals surface area contributed by atoms with Crippen LogP contribution in [0.1, 0.15) is 78.1 Å². The minimum absolute atomic E-state index is 0.132. The Morgan fingerprint density at radius 3 is 2.55 bits per heavy atom. The Balaban J connectivity index is 1.91. The topological polar surface area (TPSA) is 88.6 Å². The summed E-state index contributed by atoms with van der Waals surface area (Å²) in [5.74, 6) is -0.274. The van der Waals surface area contributed by atoms with Crippen molar-refractivity contribution in [2.75, 3.05) is 38.3 Å². The number of hydrogen-bond donors (Lipinski definition) is 0. The zero-order valence-corrected chi connectivity index (χ0v) is 24.7. The van der Waals surface area contributed by atoms with Gasteiger partial charge in [-0.15, -0.1) is 5.06 Å². The second-order valence-electron chi connectivity index (χ2n) is 11.8. The van der Waals surface area contributed by atoms with Crippen molar-refractivity contribution >= 4 is 35.1 Å². The largest absolute Gasteiger partial charge is 0.476 e. The molecule has 2 amide bonds. The van der Waals surface area contributed by atoms with E-state index in [-0.39, 0.29) is 34.9 Å². The summed E-state index contributed by atoms with van der Waals surface area (Å²) in [6, 6.07) is 2.98. The van der Waals surface area contributed by atoms with Gasteiger partial charge in [-0.05, 0) is 73.8 Å². The highest BCUT2D eigenvalue weighted by Crippen LogP contribution is 2.42. The Morgan fingerprint density at radius 2 is 1.95 bits per heavy atom. The van der Waals surface area contributed by atoms with Gasteiger partial charge in [0.25, 0.3) is 11.8 Å². The molecule has 0 saturated carbocycles. The van der Waals surface area contributed by atoms with Gasteiger partial charge in [0.2, 0.25) is 0 Å². The number of benzene rings is 1. The SMILES string of the molecule is COCCCN1C(=O)C(C)(C)Oc2cc(Cl)c(C(=O)N(C(C)C)C3CCCN(OC(=O)C(C)(C)C)C3)cc21. The molecular weight excluding hydrogens is 510 g/mol. The summed E-state index contributed by atoms with van der Waals surface area (Å²) in [7, 11) is 1.62. The Labute approximate surface area is 231 Å². The summed E-state index contributed by atoms with van der Waals surface area (Å²) in [5.41, 5.74) is -0.864. The zero-order chi connectivity index (χ0) is 28.4. The first-order chi connectivity index (χ1) is 17.7. The highest BCUT2D eigenvalue weighted by molar-refractivity contribution is 6.34. The van der Waals surface area contributed by atoms with Crippen molar-refractivity contribution in [2.24, 2.45) is 5.41 Å². The lowest BCUT2D eigenvalue weighted by Crippen LogP contribution is -2.54. The predicted molar refractivity (Wildman–Crippen MR) is 146 cm³/mol. The summed E-state index contributed by atoms with van der Waals surface area (Å²) in [6.07, 6.45) is 2.18. The molecular formula is C28H42ClN3O6. The number of piperidine rings is 1. The third kappa shape index (κ3) is 6.61. The van der Waals surface area contributed by atoms with Gasteiger partial charge < -0.3 is 24.1 Å². The molecule has 1 atom stereocenters. The van der Waals surface area contributed by atoms with Crippen LogP contribution < -0.4 is 9.64 Å². The molecule has 10 heteroatoms. The minimum atomic E-state index is -1.06. The average molecular weight is 552 g/mol. The summed E-state index contributed by atoms with van der Waals surface area (Å²) in [5, 5.41) is 1.92. The van der Waals surface area contributed by atoms with Gasteiger partial charge in [-0.3, -0.25) is 9.59 Å². The molecule has 3 rings (SSSR count). The lowest BCUT2D eigenvalue weighted by Gasteiger charge is -2.41. The van der Waals surface area contributed by atoms with E-state index in [0.29, 0.717) is 49.7 Å². The quantitative estimate of drug-likeness (QED) is 0.433. The van der Waals surface area contributed by atoms with Gasteiger partial charge in [-0.2, -0.15) is 0 Å². The number of halogens is 1. The molecule has 212 valence electrons. The normalized spacial score (nSPS) is 19.7. The molecule has 0 radical (unpaired) electrons. The third-order valence-electron chi connectivity index (χ3n) is 6.79. The zero-order valence-electron chi connectivity index (χ0n) is 23.9. The Morgan fingerprint density at radius 1 is 1.26 bits per heavy atom. The molecule has 0 bridgehead atoms. The third-order valence-corrected chi connectivity index (χ3v) is 7.11. The first-order valence-corrected chi connectivity index (χ1v) is 13.7. The molecule has 0 aromatic heterocycles. The second kappa shape index (κ2) is 11.8. The van der Waals surface area contributed by atoms with Crippen molar-refractivity contribution in [1.29, 1.82) is 0 Å². The van der Waals surface area contributed by atoms with Crippen LogP contribution >= 0.6 is 11.6 Å². The Bertz CT molecular complexity index is 1050. The molecule has 2 aliphatic heterocycles. The fourth-order valence-electron chi connectivity index (χ4n) is 4.79. The number of rotatable bonds is 8. The second-order valence-corrected chi connectivity index (χ2v) is 12.2. The molecule has 0 spiro atoms. The molecule has 0 N–H and O–H groups in total. The van der Waals surface area contributed by atoms with Gasteiger partial charge >= 0.3 is 5.97 Å². The number of anilines is 1. The fraction of sp³-hybridized carbons (Fsp3) is 0.679. The van der Waals surface area contributed by atoms with Crippen molar-refractivity contribution in [3.8, 4) is 5.75 Å². The molecule has 9 nitrogen and oxygen atoms in total. The summed E-state index contributed by atoms with van der Waals surface area (Å²) < 4.78 is 11.2. The number of ether oxygens (including phenoxy) is 2. The molecule has 2 heterocycles. The number of amides is 2. The maximum Gasteiger partial charge on any atom is 0.330 e. The van der Waals surface area contributed by atoms with Crippen LogP contribution in [0.4, 0.5) is 5.69 Å². The standard InChI is InChI=1S/C28H42ClN3O6/c1-18(2)32(19-11-9-12-30(17-19)38-26(35)27(3,4)5)24(33)20-15-22-23(16-21(20)29)37-28(6,7)25(34)31(22)13-10-14-36-8/h15-16,18-19H,9-14,17H2,1-8H3. The smallest absolute Gasteiger partial charge is 0.330 e. The number of hydroxylamine groups is 2. The Kier molecular flexibility index (Phi) is 9.37. The van der Waals surface area contributed by atoms with E-state index in [1.807, 2.05) is 34.6 Å². The molecule has 0 aliphatic carbocycles. The maximum absolute atomic E-state index is 14.0. The first kappa shape index (κ1) is 30.2. The molecule has 1 saturated heterocycles. The summed E-state index contributed by atoms with van der Waals surface area (Å²) >= 11 is 6.66. The van der Waals surface area contributed by atoms with E-state index in [9.17, 15) is 14.4 Å². The van der Waals surface area contributed by atoms with E-state index in [4.69, 9.17) is 25.9 Å². The van der Waals surface area contributed by atoms with Gasteiger partial charge in [-0.1, -0.05) is 11.6 Å². The van der Waals surface area contributed by atoms with Crippen LogP contribution in [-0.2, 0) is 19.2 Å². The summed E-state index contributed by atoms with van der Waals surface area (Å²) in [4.78, 5) is 48.8. The number of carbonyl (C=O) groups is 3. The van der Waals surface area contributed by atoms with Crippen LogP contribution in [0.5, 0.6) is 5.75 Å². The molecule has 1 aromatic carbocycles. The fourth-order valence-corrected chi connectivity index (χ4v) is 5.02. The van der Waals surface area contributed by atoms with Crippen molar-refractivity contribution < 1.29 is 28.7 Å². The van der Waals surface area contributed by atoms with Crippen molar-refractivity contribution in [3.05, 3.63) is 22.7 Å². The predicted octanol–water partition coefficient (Wildman–Crippen LogP) is 4.70. The Hall–Kier alpha value is -2.36. The molecule has 38 heavy (non-hydrogen) atoms. The lowest BCUT2D eigenvalue weighted by molar-refractivity contribution is -0.208. The van der Waals surface area contributed by atoms with Crippen LogP contribution in [0.2, 0.25) is 5.02 Å². The molecule has 1 unspecified atom stereocenters. The lowest BCUT2D eigenvalue weighted by atomic mass is 9.97. The summed E-state index contributed by atoms with van der Waals surface area (Å²) in [6.45, 7) is 14.7. The van der Waals surface area contributed by atoms with Crippen molar-refractivity contribution in [1.82, 2.24) is 9.96 Å². The van der Waals surface area contributed by atoms with Crippen molar-refractivity contribution in [2.45, 2.75) is 85.4 Å². The van der Waals surface area contributed by atoms with Gasteiger partial charge in [0.05, 0.1) is 28.2 Å². The van der Waals surface area contributed by atoms with E-state index in [1.54, 1.807) is 48.0 Å². The van der Waals surface area contributed by atoms with E-state index in [2.05, 4.69) is 0 Å². The number of nitrogens with zero attached hydrogens (tertiary/aromatic N) is 3. The minimum Gasteiger partial charge on any atom is -0.476 e. The number of hydrogen-bond acceptors (Lipinski definition) is 7. The van der Waals surface area contributed by atoms with Gasteiger partial charge in [-0.25, -0.2) is 4.79 Å². The first-order valence-electron chi connectivity index (χ1n) is 13.3. The maximum atomic E-state index is 14.0. The monoisotopic (exact) mass is 551 g/mol. The van der Waals surface area contributed by atoms with E-state index in [1.165, 1.54) is 0 Å². The van der Waals surface area contributed by atoms with Crippen molar-refractivity contribution in [3.63, 3.8) is 0 Å². The van der Waals surface area contributed by atoms with Crippen LogP contribution in [0.15, 0.2) is 12.1 Å². The van der Waals surface area contributed by atoms with Crippen LogP contribution in [0.3, 0.4) is 0 Å². The molecule has 2 aliphatic rings. The van der Waals surface area contributed by atoms with Crippen LogP contribution in [0, 0.1) is 5.41 Å².